The van der Waals surface area contributed by atoms with E-state index in [1.165, 1.54) is 10.5 Å². The van der Waals surface area contributed by atoms with Gasteiger partial charge in [-0.2, -0.15) is 9.40 Å². The maximum atomic E-state index is 12.4. The monoisotopic (exact) mass is 288 g/mol. The van der Waals surface area contributed by atoms with Gasteiger partial charge in [0, 0.05) is 19.0 Å². The van der Waals surface area contributed by atoms with Crippen LogP contribution < -0.4 is 5.73 Å². The number of sulfonamides is 1. The molecule has 0 bridgehead atoms. The molecule has 18 heavy (non-hydrogen) atoms. The van der Waals surface area contributed by atoms with Gasteiger partial charge in [0.2, 0.25) is 10.0 Å². The largest absolute Gasteiger partial charge is 0.393 e. The number of aromatic nitrogens is 2. The molecule has 0 saturated carbocycles. The molecule has 0 aliphatic carbocycles. The Morgan fingerprint density at radius 2 is 2.39 bits per heavy atom. The van der Waals surface area contributed by atoms with Crippen LogP contribution in [-0.4, -0.2) is 41.0 Å². The first kappa shape index (κ1) is 13.4. The summed E-state index contributed by atoms with van der Waals surface area (Å²) >= 11 is 4.95. The summed E-state index contributed by atoms with van der Waals surface area (Å²) in [5.41, 5.74) is 6.16. The fourth-order valence-corrected chi connectivity index (χ4v) is 3.97. The predicted octanol–water partition coefficient (Wildman–Crippen LogP) is 0.405. The Kier molecular flexibility index (Phi) is 3.69. The minimum atomic E-state index is -3.49. The van der Waals surface area contributed by atoms with Crippen LogP contribution in [0.25, 0.3) is 0 Å². The molecule has 3 N–H and O–H groups in total. The van der Waals surface area contributed by atoms with Gasteiger partial charge >= 0.3 is 0 Å². The number of thiocarbonyl (C=S) groups is 1. The van der Waals surface area contributed by atoms with Gasteiger partial charge in [-0.3, -0.25) is 5.10 Å². The summed E-state index contributed by atoms with van der Waals surface area (Å²) < 4.78 is 26.3. The number of aryl methyl sites for hydroxylation is 1. The summed E-state index contributed by atoms with van der Waals surface area (Å²) in [6.45, 7) is 2.56. The summed E-state index contributed by atoms with van der Waals surface area (Å²) in [5.74, 6) is -0.0317. The molecular weight excluding hydrogens is 272 g/mol. The lowest BCUT2D eigenvalue weighted by molar-refractivity contribution is 0.312. The molecule has 0 spiro atoms. The van der Waals surface area contributed by atoms with Gasteiger partial charge in [0.15, 0.2) is 0 Å². The molecule has 8 heteroatoms. The summed E-state index contributed by atoms with van der Waals surface area (Å²) in [5, 5.41) is 6.40. The fourth-order valence-electron chi connectivity index (χ4n) is 2.13. The summed E-state index contributed by atoms with van der Waals surface area (Å²) in [6.07, 6.45) is 2.97. The zero-order valence-corrected chi connectivity index (χ0v) is 11.7. The molecule has 1 aliphatic rings. The second-order valence-electron chi connectivity index (χ2n) is 4.46. The van der Waals surface area contributed by atoms with Crippen molar-refractivity contribution >= 4 is 27.2 Å². The maximum Gasteiger partial charge on any atom is 0.246 e. The van der Waals surface area contributed by atoms with Crippen LogP contribution in [0.2, 0.25) is 0 Å². The lowest BCUT2D eigenvalue weighted by Crippen LogP contribution is -2.43. The zero-order valence-electron chi connectivity index (χ0n) is 10.1. The standard InChI is InChI=1S/C10H16N4O2S2/c1-7-9(5-12-13-7)18(15,16)14-4-2-3-8(6-14)10(11)17/h5,8H,2-4,6H2,1H3,(H2,11,17)(H,12,13). The Labute approximate surface area is 112 Å². The van der Waals surface area contributed by atoms with E-state index in [1.54, 1.807) is 6.92 Å². The third kappa shape index (κ3) is 2.40. The summed E-state index contributed by atoms with van der Waals surface area (Å²) in [6, 6.07) is 0. The number of rotatable bonds is 3. The number of nitrogens with zero attached hydrogens (tertiary/aromatic N) is 2. The van der Waals surface area contributed by atoms with Crippen molar-refractivity contribution in [2.45, 2.75) is 24.7 Å². The van der Waals surface area contributed by atoms with Gasteiger partial charge in [0.1, 0.15) is 4.90 Å². The van der Waals surface area contributed by atoms with Crippen molar-refractivity contribution in [1.29, 1.82) is 0 Å². The lowest BCUT2D eigenvalue weighted by atomic mass is 10.0. The molecule has 0 amide bonds. The minimum absolute atomic E-state index is 0.0317. The smallest absolute Gasteiger partial charge is 0.246 e. The first-order valence-electron chi connectivity index (χ1n) is 5.72. The van der Waals surface area contributed by atoms with Crippen molar-refractivity contribution in [3.63, 3.8) is 0 Å². The van der Waals surface area contributed by atoms with Crippen molar-refractivity contribution in [1.82, 2.24) is 14.5 Å². The Hall–Kier alpha value is -0.990. The van der Waals surface area contributed by atoms with Crippen LogP contribution in [0.5, 0.6) is 0 Å². The minimum Gasteiger partial charge on any atom is -0.393 e. The normalized spacial score (nSPS) is 21.9. The molecule has 1 aliphatic heterocycles. The van der Waals surface area contributed by atoms with Crippen molar-refractivity contribution in [3.8, 4) is 0 Å². The average Bonchev–Trinajstić information content (AvgIpc) is 2.76. The molecule has 2 heterocycles. The predicted molar refractivity (Wildman–Crippen MR) is 71.6 cm³/mol. The molecule has 1 aromatic heterocycles. The van der Waals surface area contributed by atoms with Crippen LogP contribution in [0.4, 0.5) is 0 Å². The molecule has 2 rings (SSSR count). The Morgan fingerprint density at radius 1 is 1.67 bits per heavy atom. The zero-order chi connectivity index (χ0) is 13.3. The van der Waals surface area contributed by atoms with E-state index in [4.69, 9.17) is 18.0 Å². The molecule has 0 radical (unpaired) electrons. The number of nitrogens with one attached hydrogen (secondary N) is 1. The van der Waals surface area contributed by atoms with Gasteiger partial charge in [-0.25, -0.2) is 8.42 Å². The number of piperidine rings is 1. The highest BCUT2D eigenvalue weighted by atomic mass is 32.2. The molecule has 1 atom stereocenters. The first-order chi connectivity index (χ1) is 8.43. The van der Waals surface area contributed by atoms with Crippen LogP contribution in [0.1, 0.15) is 18.5 Å². The van der Waals surface area contributed by atoms with Crippen LogP contribution in [0, 0.1) is 12.8 Å². The molecular formula is C10H16N4O2S2. The van der Waals surface area contributed by atoms with Gasteiger partial charge in [-0.05, 0) is 19.8 Å². The molecule has 1 aromatic rings. The molecule has 0 aromatic carbocycles. The third-order valence-corrected chi connectivity index (χ3v) is 5.50. The van der Waals surface area contributed by atoms with Crippen LogP contribution >= 0.6 is 12.2 Å². The van der Waals surface area contributed by atoms with Crippen molar-refractivity contribution in [2.24, 2.45) is 11.7 Å². The number of nitrogens with two attached hydrogens (primary N) is 1. The highest BCUT2D eigenvalue weighted by molar-refractivity contribution is 7.89. The molecule has 100 valence electrons. The van der Waals surface area contributed by atoms with E-state index in [1.807, 2.05) is 0 Å². The number of hydrogen-bond donors (Lipinski definition) is 2. The van der Waals surface area contributed by atoms with Gasteiger partial charge < -0.3 is 5.73 Å². The van der Waals surface area contributed by atoms with E-state index in [-0.39, 0.29) is 10.8 Å². The van der Waals surface area contributed by atoms with Crippen molar-refractivity contribution in [3.05, 3.63) is 11.9 Å². The van der Waals surface area contributed by atoms with E-state index in [0.717, 1.165) is 12.8 Å². The second kappa shape index (κ2) is 4.94. The lowest BCUT2D eigenvalue weighted by Gasteiger charge is -2.31. The van der Waals surface area contributed by atoms with Crippen molar-refractivity contribution in [2.75, 3.05) is 13.1 Å². The van der Waals surface area contributed by atoms with Gasteiger partial charge in [0.05, 0.1) is 16.9 Å². The van der Waals surface area contributed by atoms with Gasteiger partial charge in [-0.15, -0.1) is 0 Å². The van der Waals surface area contributed by atoms with E-state index >= 15 is 0 Å². The topological polar surface area (TPSA) is 92.1 Å². The van der Waals surface area contributed by atoms with Gasteiger partial charge in [0.25, 0.3) is 0 Å². The maximum absolute atomic E-state index is 12.4. The third-order valence-electron chi connectivity index (χ3n) is 3.19. The summed E-state index contributed by atoms with van der Waals surface area (Å²) in [4.78, 5) is 0.616. The highest BCUT2D eigenvalue weighted by Crippen LogP contribution is 2.24. The number of aromatic amines is 1. The van der Waals surface area contributed by atoms with E-state index in [9.17, 15) is 8.42 Å². The van der Waals surface area contributed by atoms with E-state index in [0.29, 0.717) is 23.8 Å². The second-order valence-corrected chi connectivity index (χ2v) is 6.84. The average molecular weight is 288 g/mol. The quantitative estimate of drug-likeness (QED) is 0.786. The number of hydrogen-bond acceptors (Lipinski definition) is 4. The van der Waals surface area contributed by atoms with Gasteiger partial charge in [-0.1, -0.05) is 12.2 Å². The SMILES string of the molecule is Cc1[nH]ncc1S(=O)(=O)N1CCCC(C(N)=S)C1. The first-order valence-corrected chi connectivity index (χ1v) is 7.57. The Bertz CT molecular complexity index is 552. The fraction of sp³-hybridized carbons (Fsp3) is 0.600. The Morgan fingerprint density at radius 3 is 2.94 bits per heavy atom. The number of H-pyrrole nitrogens is 1. The van der Waals surface area contributed by atoms with Crippen LogP contribution in [0.15, 0.2) is 11.1 Å². The van der Waals surface area contributed by atoms with E-state index in [2.05, 4.69) is 10.2 Å². The molecule has 6 nitrogen and oxygen atoms in total. The van der Waals surface area contributed by atoms with Crippen LogP contribution in [-0.2, 0) is 10.0 Å². The highest BCUT2D eigenvalue weighted by Gasteiger charge is 2.32. The van der Waals surface area contributed by atoms with E-state index < -0.39 is 10.0 Å². The molecule has 1 saturated heterocycles. The molecule has 1 fully saturated rings. The van der Waals surface area contributed by atoms with Crippen LogP contribution in [0.3, 0.4) is 0 Å². The van der Waals surface area contributed by atoms with Crippen molar-refractivity contribution < 1.29 is 8.42 Å². The Balaban J connectivity index is 2.26. The molecule has 1 unspecified atom stereocenters. The summed E-state index contributed by atoms with van der Waals surface area (Å²) in [7, 11) is -3.49.